The zero-order valence-corrected chi connectivity index (χ0v) is 16.1. The molecule has 1 aromatic heterocycles. The first-order valence-electron chi connectivity index (χ1n) is 8.12. The number of carbonyl (C=O) groups is 1. The lowest BCUT2D eigenvalue weighted by atomic mass is 10.1. The number of carbonyl (C=O) groups excluding carboxylic acids is 1. The summed E-state index contributed by atoms with van der Waals surface area (Å²) in [6.07, 6.45) is 1.32. The minimum absolute atomic E-state index is 0.0278. The van der Waals surface area contributed by atoms with E-state index >= 15 is 0 Å². The molecule has 2 aromatic carbocycles. The summed E-state index contributed by atoms with van der Waals surface area (Å²) in [7, 11) is 0. The van der Waals surface area contributed by atoms with E-state index in [0.29, 0.717) is 33.4 Å². The number of anilines is 1. The van der Waals surface area contributed by atoms with Crippen LogP contribution in [0.15, 0.2) is 58.5 Å². The van der Waals surface area contributed by atoms with Crippen LogP contribution in [-0.4, -0.2) is 5.91 Å². The topological polar surface area (TPSA) is 66.0 Å². The molecule has 4 nitrogen and oxygen atoms in total. The Bertz CT molecular complexity index is 1130. The summed E-state index contributed by atoms with van der Waals surface area (Å²) in [5.41, 5.74) is 1.64. The molecule has 0 saturated heterocycles. The fourth-order valence-electron chi connectivity index (χ4n) is 2.46. The highest BCUT2D eigenvalue weighted by molar-refractivity contribution is 6.32. The summed E-state index contributed by atoms with van der Waals surface area (Å²) >= 11 is 11.8. The summed E-state index contributed by atoms with van der Waals surface area (Å²) in [4.78, 5) is 12.4. The maximum atomic E-state index is 13.3. The molecule has 0 aliphatic carbocycles. The van der Waals surface area contributed by atoms with E-state index in [1.54, 1.807) is 37.3 Å². The third-order valence-corrected chi connectivity index (χ3v) is 4.70. The van der Waals surface area contributed by atoms with Gasteiger partial charge in [-0.2, -0.15) is 5.26 Å². The van der Waals surface area contributed by atoms with Gasteiger partial charge in [0.25, 0.3) is 5.91 Å². The van der Waals surface area contributed by atoms with Gasteiger partial charge in [0.15, 0.2) is 0 Å². The van der Waals surface area contributed by atoms with E-state index in [1.165, 1.54) is 24.3 Å². The molecule has 0 saturated carbocycles. The van der Waals surface area contributed by atoms with E-state index < -0.39 is 11.7 Å². The van der Waals surface area contributed by atoms with Crippen molar-refractivity contribution in [1.82, 2.24) is 0 Å². The lowest BCUT2D eigenvalue weighted by Crippen LogP contribution is -2.14. The third-order valence-electron chi connectivity index (χ3n) is 4.00. The fraction of sp³-hybridized carbons (Fsp3) is 0.0476. The largest absolute Gasteiger partial charge is 0.457 e. The first-order valence-corrected chi connectivity index (χ1v) is 8.88. The van der Waals surface area contributed by atoms with Crippen molar-refractivity contribution in [2.24, 2.45) is 0 Å². The van der Waals surface area contributed by atoms with Crippen molar-refractivity contribution in [2.75, 3.05) is 5.32 Å². The number of halogens is 3. The maximum Gasteiger partial charge on any atom is 0.266 e. The molecular weight excluding hydrogens is 402 g/mol. The van der Waals surface area contributed by atoms with Crippen LogP contribution in [0.5, 0.6) is 0 Å². The van der Waals surface area contributed by atoms with Gasteiger partial charge in [0, 0.05) is 22.3 Å². The first kappa shape index (κ1) is 19.7. The number of nitriles is 1. The quantitative estimate of drug-likeness (QED) is 0.405. The van der Waals surface area contributed by atoms with Crippen molar-refractivity contribution >= 4 is 40.9 Å². The van der Waals surface area contributed by atoms with Gasteiger partial charge in [-0.1, -0.05) is 29.3 Å². The number of hydrogen-bond donors (Lipinski definition) is 1. The molecule has 0 aliphatic rings. The summed E-state index contributed by atoms with van der Waals surface area (Å²) in [5.74, 6) is -0.394. The summed E-state index contributed by atoms with van der Waals surface area (Å²) < 4.78 is 18.9. The number of rotatable bonds is 4. The molecule has 3 rings (SSSR count). The lowest BCUT2D eigenvalue weighted by molar-refractivity contribution is -0.112. The molecule has 28 heavy (non-hydrogen) atoms. The average Bonchev–Trinajstić information content (AvgIpc) is 3.14. The van der Waals surface area contributed by atoms with Crippen LogP contribution in [-0.2, 0) is 4.79 Å². The van der Waals surface area contributed by atoms with Crippen molar-refractivity contribution in [2.45, 2.75) is 6.92 Å². The van der Waals surface area contributed by atoms with E-state index in [1.807, 2.05) is 6.07 Å². The molecule has 140 valence electrons. The molecule has 0 atom stereocenters. The minimum Gasteiger partial charge on any atom is -0.457 e. The van der Waals surface area contributed by atoms with Gasteiger partial charge >= 0.3 is 0 Å². The minimum atomic E-state index is -0.587. The monoisotopic (exact) mass is 414 g/mol. The zero-order chi connectivity index (χ0) is 20.3. The van der Waals surface area contributed by atoms with E-state index in [9.17, 15) is 14.4 Å². The molecule has 1 N–H and O–H groups in total. The van der Waals surface area contributed by atoms with Crippen molar-refractivity contribution in [3.63, 3.8) is 0 Å². The fourth-order valence-corrected chi connectivity index (χ4v) is 2.81. The van der Waals surface area contributed by atoms with Gasteiger partial charge < -0.3 is 9.73 Å². The maximum absolute atomic E-state index is 13.3. The molecule has 7 heteroatoms. The van der Waals surface area contributed by atoms with Crippen LogP contribution in [0.4, 0.5) is 10.1 Å². The van der Waals surface area contributed by atoms with E-state index in [2.05, 4.69) is 5.32 Å². The van der Waals surface area contributed by atoms with Gasteiger partial charge in [-0.05, 0) is 55.0 Å². The van der Waals surface area contributed by atoms with Gasteiger partial charge in [0.1, 0.15) is 29.0 Å². The van der Waals surface area contributed by atoms with Crippen LogP contribution in [0, 0.1) is 24.1 Å². The van der Waals surface area contributed by atoms with Gasteiger partial charge in [-0.25, -0.2) is 4.39 Å². The first-order chi connectivity index (χ1) is 13.4. The highest BCUT2D eigenvalue weighted by atomic mass is 35.5. The molecule has 3 aromatic rings. The second-order valence-electron chi connectivity index (χ2n) is 5.87. The van der Waals surface area contributed by atoms with Crippen molar-refractivity contribution < 1.29 is 13.6 Å². The zero-order valence-electron chi connectivity index (χ0n) is 14.6. The standard InChI is InChI=1S/C21H13Cl2FN2O2/c1-12-16(22)3-2-4-19(12)26-21(27)14(11-25)9-15-6-8-20(28-15)13-5-7-18(24)17(23)10-13/h2-10H,1H3,(H,26,27). The highest BCUT2D eigenvalue weighted by Crippen LogP contribution is 2.28. The highest BCUT2D eigenvalue weighted by Gasteiger charge is 2.13. The molecule has 0 radical (unpaired) electrons. The van der Waals surface area contributed by atoms with Crippen LogP contribution in [0.25, 0.3) is 17.4 Å². The number of nitrogens with one attached hydrogen (secondary N) is 1. The Labute approximate surface area is 170 Å². The SMILES string of the molecule is Cc1c(Cl)cccc1NC(=O)C(C#N)=Cc1ccc(-c2ccc(F)c(Cl)c2)o1. The smallest absolute Gasteiger partial charge is 0.266 e. The Balaban J connectivity index is 1.84. The molecule has 0 fully saturated rings. The van der Waals surface area contributed by atoms with Gasteiger partial charge in [0.2, 0.25) is 0 Å². The number of furan rings is 1. The Kier molecular flexibility index (Phi) is 5.84. The summed E-state index contributed by atoms with van der Waals surface area (Å²) in [5, 5.41) is 12.5. The molecule has 0 spiro atoms. The number of benzene rings is 2. The van der Waals surface area contributed by atoms with Gasteiger partial charge in [0.05, 0.1) is 5.02 Å². The van der Waals surface area contributed by atoms with Crippen LogP contribution < -0.4 is 5.32 Å². The third kappa shape index (κ3) is 4.25. The molecule has 0 unspecified atom stereocenters. The van der Waals surface area contributed by atoms with Gasteiger partial charge in [-0.3, -0.25) is 4.79 Å². The van der Waals surface area contributed by atoms with Crippen molar-refractivity contribution in [3.05, 3.63) is 81.3 Å². The Hall–Kier alpha value is -3.07. The number of hydrogen-bond acceptors (Lipinski definition) is 3. The van der Waals surface area contributed by atoms with Crippen molar-refractivity contribution in [1.29, 1.82) is 5.26 Å². The van der Waals surface area contributed by atoms with Crippen LogP contribution in [0.1, 0.15) is 11.3 Å². The van der Waals surface area contributed by atoms with Crippen LogP contribution >= 0.6 is 23.2 Å². The Morgan fingerprint density at radius 2 is 1.96 bits per heavy atom. The number of amides is 1. The lowest BCUT2D eigenvalue weighted by Gasteiger charge is -2.08. The Morgan fingerprint density at radius 3 is 2.68 bits per heavy atom. The van der Waals surface area contributed by atoms with E-state index in [-0.39, 0.29) is 10.6 Å². The molecule has 0 bridgehead atoms. The average molecular weight is 415 g/mol. The second kappa shape index (κ2) is 8.30. The second-order valence-corrected chi connectivity index (χ2v) is 6.68. The van der Waals surface area contributed by atoms with Crippen LogP contribution in [0.2, 0.25) is 10.0 Å². The normalized spacial score (nSPS) is 11.2. The van der Waals surface area contributed by atoms with Gasteiger partial charge in [-0.15, -0.1) is 0 Å². The summed E-state index contributed by atoms with van der Waals surface area (Å²) in [6, 6.07) is 14.4. The molecular formula is C21H13Cl2FN2O2. The summed E-state index contributed by atoms with van der Waals surface area (Å²) in [6.45, 7) is 1.76. The predicted octanol–water partition coefficient (Wildman–Crippen LogP) is 6.25. The Morgan fingerprint density at radius 1 is 1.18 bits per heavy atom. The van der Waals surface area contributed by atoms with E-state index in [0.717, 1.165) is 0 Å². The molecule has 0 aliphatic heterocycles. The predicted molar refractivity (Wildman–Crippen MR) is 108 cm³/mol. The van der Waals surface area contributed by atoms with E-state index in [4.69, 9.17) is 27.6 Å². The molecule has 1 amide bonds. The van der Waals surface area contributed by atoms with Crippen LogP contribution in [0.3, 0.4) is 0 Å². The molecule has 1 heterocycles. The number of nitrogens with zero attached hydrogens (tertiary/aromatic N) is 1. The van der Waals surface area contributed by atoms with Crippen molar-refractivity contribution in [3.8, 4) is 17.4 Å².